The van der Waals surface area contributed by atoms with Crippen molar-refractivity contribution in [2.45, 2.75) is 45.4 Å². The smallest absolute Gasteiger partial charge is 0.303 e. The molecule has 1 saturated carbocycles. The second kappa shape index (κ2) is 4.91. The van der Waals surface area contributed by atoms with E-state index in [2.05, 4.69) is 32.0 Å². The van der Waals surface area contributed by atoms with Crippen molar-refractivity contribution in [3.05, 3.63) is 34.9 Å². The number of hydrogen-bond acceptors (Lipinski definition) is 1. The number of carboxylic acids is 1. The van der Waals surface area contributed by atoms with Crippen LogP contribution in [0.1, 0.15) is 48.3 Å². The molecular weight excluding hydrogens is 212 g/mol. The number of aryl methyl sites for hydroxylation is 2. The van der Waals surface area contributed by atoms with Gasteiger partial charge in [0.25, 0.3) is 0 Å². The Labute approximate surface area is 103 Å². The van der Waals surface area contributed by atoms with E-state index in [0.29, 0.717) is 5.92 Å². The fourth-order valence-electron chi connectivity index (χ4n) is 2.72. The van der Waals surface area contributed by atoms with Gasteiger partial charge in [0, 0.05) is 0 Å². The summed E-state index contributed by atoms with van der Waals surface area (Å²) in [6, 6.07) is 6.37. The van der Waals surface area contributed by atoms with Crippen LogP contribution in [-0.2, 0) is 4.79 Å². The van der Waals surface area contributed by atoms with E-state index in [1.54, 1.807) is 0 Å². The van der Waals surface area contributed by atoms with Gasteiger partial charge in [-0.1, -0.05) is 30.2 Å². The van der Waals surface area contributed by atoms with Crippen molar-refractivity contribution in [3.63, 3.8) is 0 Å². The summed E-state index contributed by atoms with van der Waals surface area (Å²) >= 11 is 0. The van der Waals surface area contributed by atoms with Crippen LogP contribution in [0.4, 0.5) is 0 Å². The molecule has 1 aliphatic rings. The molecular formula is C15H20O2. The van der Waals surface area contributed by atoms with Gasteiger partial charge >= 0.3 is 5.97 Å². The molecule has 1 aromatic rings. The maximum Gasteiger partial charge on any atom is 0.303 e. The van der Waals surface area contributed by atoms with Gasteiger partial charge in [-0.25, -0.2) is 0 Å². The molecule has 1 aromatic carbocycles. The molecule has 1 unspecified atom stereocenters. The van der Waals surface area contributed by atoms with Crippen molar-refractivity contribution in [2.75, 3.05) is 0 Å². The molecule has 0 heterocycles. The molecule has 0 radical (unpaired) electrons. The van der Waals surface area contributed by atoms with Gasteiger partial charge in [0.2, 0.25) is 0 Å². The summed E-state index contributed by atoms with van der Waals surface area (Å²) in [7, 11) is 0. The Morgan fingerprint density at radius 1 is 1.41 bits per heavy atom. The fourth-order valence-corrected chi connectivity index (χ4v) is 2.72. The number of carboxylic acid groups (broad SMARTS) is 1. The molecule has 17 heavy (non-hydrogen) atoms. The van der Waals surface area contributed by atoms with Crippen LogP contribution in [0.3, 0.4) is 0 Å². The van der Waals surface area contributed by atoms with Gasteiger partial charge in [-0.05, 0) is 49.7 Å². The Hall–Kier alpha value is -1.31. The third kappa shape index (κ3) is 2.68. The van der Waals surface area contributed by atoms with Crippen molar-refractivity contribution in [1.82, 2.24) is 0 Å². The first-order valence-corrected chi connectivity index (χ1v) is 6.37. The second-order valence-corrected chi connectivity index (χ2v) is 5.26. The molecule has 2 nitrogen and oxygen atoms in total. The summed E-state index contributed by atoms with van der Waals surface area (Å²) in [5, 5.41) is 9.07. The van der Waals surface area contributed by atoms with Crippen LogP contribution in [-0.4, -0.2) is 11.1 Å². The Bertz CT molecular complexity index is 419. The van der Waals surface area contributed by atoms with Gasteiger partial charge in [0.1, 0.15) is 0 Å². The Balaban J connectivity index is 2.29. The third-order valence-corrected chi connectivity index (χ3v) is 3.95. The van der Waals surface area contributed by atoms with Crippen LogP contribution < -0.4 is 0 Å². The highest BCUT2D eigenvalue weighted by Gasteiger charge is 2.30. The lowest BCUT2D eigenvalue weighted by Gasteiger charge is -2.34. The Morgan fingerprint density at radius 2 is 2.12 bits per heavy atom. The molecule has 1 atom stereocenters. The topological polar surface area (TPSA) is 37.3 Å². The first-order chi connectivity index (χ1) is 8.08. The summed E-state index contributed by atoms with van der Waals surface area (Å²) in [5.74, 6) is 0.107. The van der Waals surface area contributed by atoms with Crippen LogP contribution in [0, 0.1) is 19.8 Å². The van der Waals surface area contributed by atoms with Gasteiger partial charge < -0.3 is 5.11 Å². The molecule has 1 fully saturated rings. The van der Waals surface area contributed by atoms with Crippen molar-refractivity contribution >= 4 is 5.97 Å². The maximum absolute atomic E-state index is 11.0. The minimum atomic E-state index is -0.678. The monoisotopic (exact) mass is 232 g/mol. The first-order valence-electron chi connectivity index (χ1n) is 6.37. The third-order valence-electron chi connectivity index (χ3n) is 3.95. The van der Waals surface area contributed by atoms with Gasteiger partial charge in [-0.2, -0.15) is 0 Å². The highest BCUT2D eigenvalue weighted by Crippen LogP contribution is 2.42. The molecule has 0 bridgehead atoms. The van der Waals surface area contributed by atoms with E-state index in [1.807, 2.05) is 0 Å². The summed E-state index contributed by atoms with van der Waals surface area (Å²) < 4.78 is 0. The van der Waals surface area contributed by atoms with E-state index < -0.39 is 5.97 Å². The minimum Gasteiger partial charge on any atom is -0.481 e. The Morgan fingerprint density at radius 3 is 2.65 bits per heavy atom. The van der Waals surface area contributed by atoms with Crippen LogP contribution in [0.5, 0.6) is 0 Å². The van der Waals surface area contributed by atoms with Crippen LogP contribution in [0.2, 0.25) is 0 Å². The number of benzene rings is 1. The van der Waals surface area contributed by atoms with Crippen molar-refractivity contribution in [1.29, 1.82) is 0 Å². The predicted molar refractivity (Wildman–Crippen MR) is 68.3 cm³/mol. The molecule has 2 rings (SSSR count). The van der Waals surface area contributed by atoms with Crippen molar-refractivity contribution in [3.8, 4) is 0 Å². The summed E-state index contributed by atoms with van der Waals surface area (Å²) in [4.78, 5) is 11.0. The summed E-state index contributed by atoms with van der Waals surface area (Å²) in [5.41, 5.74) is 3.70. The van der Waals surface area contributed by atoms with E-state index in [0.717, 1.165) is 0 Å². The average Bonchev–Trinajstić information content (AvgIpc) is 2.17. The average molecular weight is 232 g/mol. The second-order valence-electron chi connectivity index (χ2n) is 5.26. The van der Waals surface area contributed by atoms with E-state index in [1.165, 1.54) is 36.0 Å². The minimum absolute atomic E-state index is 0.209. The van der Waals surface area contributed by atoms with E-state index >= 15 is 0 Å². The lowest BCUT2D eigenvalue weighted by atomic mass is 9.70. The number of carbonyl (C=O) groups is 1. The van der Waals surface area contributed by atoms with Crippen molar-refractivity contribution in [2.24, 2.45) is 5.92 Å². The molecule has 0 amide bonds. The van der Waals surface area contributed by atoms with E-state index in [9.17, 15) is 4.79 Å². The Kier molecular flexibility index (Phi) is 3.51. The fraction of sp³-hybridized carbons (Fsp3) is 0.533. The maximum atomic E-state index is 11.0. The van der Waals surface area contributed by atoms with Gasteiger partial charge in [-0.3, -0.25) is 4.79 Å². The van der Waals surface area contributed by atoms with Crippen LogP contribution in [0.15, 0.2) is 18.2 Å². The van der Waals surface area contributed by atoms with Crippen LogP contribution in [0.25, 0.3) is 0 Å². The van der Waals surface area contributed by atoms with Crippen molar-refractivity contribution < 1.29 is 9.90 Å². The number of rotatable bonds is 4. The quantitative estimate of drug-likeness (QED) is 0.860. The number of hydrogen-bond donors (Lipinski definition) is 1. The first kappa shape index (κ1) is 12.2. The molecule has 0 saturated heterocycles. The number of aliphatic carboxylic acids is 1. The lowest BCUT2D eigenvalue weighted by molar-refractivity contribution is -0.138. The van der Waals surface area contributed by atoms with Gasteiger partial charge in [-0.15, -0.1) is 0 Å². The molecule has 92 valence electrons. The lowest BCUT2D eigenvalue weighted by Crippen LogP contribution is -2.23. The van der Waals surface area contributed by atoms with E-state index in [-0.39, 0.29) is 12.3 Å². The molecule has 0 aliphatic heterocycles. The molecule has 1 N–H and O–H groups in total. The highest BCUT2D eigenvalue weighted by molar-refractivity contribution is 5.68. The zero-order valence-electron chi connectivity index (χ0n) is 10.6. The predicted octanol–water partition coefficient (Wildman–Crippen LogP) is 3.66. The summed E-state index contributed by atoms with van der Waals surface area (Å²) in [6.07, 6.45) is 3.90. The molecule has 1 aliphatic carbocycles. The van der Waals surface area contributed by atoms with Gasteiger partial charge in [0.15, 0.2) is 0 Å². The normalized spacial score (nSPS) is 17.5. The van der Waals surface area contributed by atoms with Gasteiger partial charge in [0.05, 0.1) is 6.42 Å². The SMILES string of the molecule is Cc1ccc(C)c(C(CC(=O)O)C2CCC2)c1. The molecule has 0 spiro atoms. The zero-order valence-corrected chi connectivity index (χ0v) is 10.6. The van der Waals surface area contributed by atoms with E-state index in [4.69, 9.17) is 5.11 Å². The highest BCUT2D eigenvalue weighted by atomic mass is 16.4. The standard InChI is InChI=1S/C15H20O2/c1-10-6-7-11(2)13(8-10)14(9-15(16)17)12-4-3-5-12/h6-8,12,14H,3-5,9H2,1-2H3,(H,16,17). The zero-order chi connectivity index (χ0) is 12.4. The molecule has 0 aromatic heterocycles. The largest absolute Gasteiger partial charge is 0.481 e. The molecule has 2 heteroatoms. The summed E-state index contributed by atoms with van der Waals surface area (Å²) in [6.45, 7) is 4.16. The van der Waals surface area contributed by atoms with Crippen LogP contribution >= 0.6 is 0 Å².